The van der Waals surface area contributed by atoms with Crippen molar-refractivity contribution < 1.29 is 8.78 Å². The molecule has 34 heavy (non-hydrogen) atoms. The molecule has 0 bridgehead atoms. The predicted octanol–water partition coefficient (Wildman–Crippen LogP) is 10.3. The van der Waals surface area contributed by atoms with Crippen molar-refractivity contribution in [2.75, 3.05) is 0 Å². The second kappa shape index (κ2) is 5.98. The van der Waals surface area contributed by atoms with Gasteiger partial charge >= 0.3 is 0 Å². The fourth-order valence-electron chi connectivity index (χ4n) is 6.26. The standard InChI is InChI=1S/C28H18F2S4/c1-27(2)13-9-11-5-7-31-21(11)19(29)15(13)23-17(27)25-26(33-23)18-24(34-25)16-14(28(18,3)4)10-12-6-8-32-22(12)20(16)30/h5-10H,1-4H3. The average Bonchev–Trinajstić information content (AvgIpc) is 3.57. The zero-order chi connectivity index (χ0) is 23.3. The highest BCUT2D eigenvalue weighted by molar-refractivity contribution is 7.32. The molecule has 168 valence electrons. The molecule has 2 aliphatic carbocycles. The van der Waals surface area contributed by atoms with Gasteiger partial charge in [-0.05, 0) is 68.1 Å². The van der Waals surface area contributed by atoms with Crippen molar-refractivity contribution >= 4 is 74.9 Å². The van der Waals surface area contributed by atoms with Crippen LogP contribution in [-0.4, -0.2) is 0 Å². The van der Waals surface area contributed by atoms with Crippen LogP contribution in [0.1, 0.15) is 49.9 Å². The average molecular weight is 521 g/mol. The van der Waals surface area contributed by atoms with Crippen LogP contribution in [0.2, 0.25) is 0 Å². The number of hydrogen-bond acceptors (Lipinski definition) is 4. The fraction of sp³-hybridized carbons (Fsp3) is 0.214. The Hall–Kier alpha value is -2.12. The molecule has 2 aromatic carbocycles. The van der Waals surface area contributed by atoms with E-state index in [2.05, 4.69) is 39.8 Å². The Balaban J connectivity index is 1.49. The van der Waals surface area contributed by atoms with Crippen molar-refractivity contribution in [1.82, 2.24) is 0 Å². The summed E-state index contributed by atoms with van der Waals surface area (Å²) < 4.78 is 35.6. The minimum atomic E-state index is -0.304. The van der Waals surface area contributed by atoms with Gasteiger partial charge in [-0.3, -0.25) is 0 Å². The summed E-state index contributed by atoms with van der Waals surface area (Å²) in [5.74, 6) is -0.178. The van der Waals surface area contributed by atoms with Crippen LogP contribution in [0.15, 0.2) is 35.0 Å². The Labute approximate surface area is 211 Å². The number of rotatable bonds is 0. The Morgan fingerprint density at radius 3 is 1.44 bits per heavy atom. The SMILES string of the molecule is CC1(C)c2cc3ccsc3c(F)c2-c2sc3c4c(sc3c21)-c1c(cc2ccsc2c1F)C4(C)C. The smallest absolute Gasteiger partial charge is 0.149 e. The molecule has 0 atom stereocenters. The summed E-state index contributed by atoms with van der Waals surface area (Å²) in [5, 5.41) is 5.89. The summed E-state index contributed by atoms with van der Waals surface area (Å²) in [4.78, 5) is 2.12. The molecule has 8 rings (SSSR count). The first kappa shape index (κ1) is 20.1. The number of benzene rings is 2. The van der Waals surface area contributed by atoms with Crippen molar-refractivity contribution in [3.8, 4) is 20.9 Å². The van der Waals surface area contributed by atoms with Gasteiger partial charge in [-0.15, -0.1) is 45.3 Å². The number of halogens is 2. The molecule has 6 heteroatoms. The Morgan fingerprint density at radius 1 is 0.618 bits per heavy atom. The minimum Gasteiger partial charge on any atom is -0.205 e. The van der Waals surface area contributed by atoms with Gasteiger partial charge in [0.1, 0.15) is 11.6 Å². The van der Waals surface area contributed by atoms with E-state index in [9.17, 15) is 0 Å². The number of fused-ring (bicyclic) bond motifs is 11. The lowest BCUT2D eigenvalue weighted by Crippen LogP contribution is -2.16. The van der Waals surface area contributed by atoms with E-state index < -0.39 is 0 Å². The highest BCUT2D eigenvalue weighted by Crippen LogP contribution is 2.64. The third-order valence-corrected chi connectivity index (χ3v) is 12.4. The van der Waals surface area contributed by atoms with Gasteiger partial charge in [0.15, 0.2) is 0 Å². The molecular formula is C28H18F2S4. The Morgan fingerprint density at radius 2 is 1.03 bits per heavy atom. The van der Waals surface area contributed by atoms with E-state index in [-0.39, 0.29) is 22.5 Å². The molecule has 0 N–H and O–H groups in total. The largest absolute Gasteiger partial charge is 0.205 e. The van der Waals surface area contributed by atoms with Gasteiger partial charge in [0.2, 0.25) is 0 Å². The van der Waals surface area contributed by atoms with Crippen LogP contribution < -0.4 is 0 Å². The van der Waals surface area contributed by atoms with Gasteiger partial charge in [0.25, 0.3) is 0 Å². The molecule has 0 saturated heterocycles. The molecule has 4 aromatic heterocycles. The van der Waals surface area contributed by atoms with E-state index in [4.69, 9.17) is 0 Å². The summed E-state index contributed by atoms with van der Waals surface area (Å²) in [6.45, 7) is 8.84. The van der Waals surface area contributed by atoms with E-state index in [0.29, 0.717) is 0 Å². The molecule has 0 unspecified atom stereocenters. The molecular weight excluding hydrogens is 503 g/mol. The van der Waals surface area contributed by atoms with Crippen LogP contribution in [0.25, 0.3) is 50.5 Å². The molecule has 0 amide bonds. The van der Waals surface area contributed by atoms with Crippen LogP contribution in [0.5, 0.6) is 0 Å². The lowest BCUT2D eigenvalue weighted by atomic mass is 9.81. The highest BCUT2D eigenvalue weighted by Gasteiger charge is 2.47. The van der Waals surface area contributed by atoms with Gasteiger partial charge in [-0.25, -0.2) is 8.78 Å². The lowest BCUT2D eigenvalue weighted by molar-refractivity contribution is 0.632. The maximum absolute atomic E-state index is 15.9. The topological polar surface area (TPSA) is 0 Å². The van der Waals surface area contributed by atoms with E-state index in [1.165, 1.54) is 43.2 Å². The third kappa shape index (κ3) is 2.06. The van der Waals surface area contributed by atoms with Crippen LogP contribution in [-0.2, 0) is 10.8 Å². The van der Waals surface area contributed by atoms with Gasteiger partial charge in [-0.2, -0.15) is 0 Å². The summed E-state index contributed by atoms with van der Waals surface area (Å²) in [5.41, 5.74) is 5.51. The summed E-state index contributed by atoms with van der Waals surface area (Å²) >= 11 is 6.36. The van der Waals surface area contributed by atoms with Crippen molar-refractivity contribution in [3.63, 3.8) is 0 Å². The maximum atomic E-state index is 15.9. The minimum absolute atomic E-state index is 0.0892. The second-order valence-electron chi connectivity index (χ2n) is 10.4. The quantitative estimate of drug-likeness (QED) is 0.187. The lowest BCUT2D eigenvalue weighted by Gasteiger charge is -2.22. The first-order chi connectivity index (χ1) is 16.2. The third-order valence-electron chi connectivity index (χ3n) is 7.94. The predicted molar refractivity (Wildman–Crippen MR) is 146 cm³/mol. The van der Waals surface area contributed by atoms with Gasteiger partial charge < -0.3 is 0 Å². The zero-order valence-electron chi connectivity index (χ0n) is 18.9. The number of hydrogen-bond donors (Lipinski definition) is 0. The summed E-state index contributed by atoms with van der Waals surface area (Å²) in [6.07, 6.45) is 0. The van der Waals surface area contributed by atoms with Crippen LogP contribution >= 0.6 is 45.3 Å². The van der Waals surface area contributed by atoms with Gasteiger partial charge in [-0.1, -0.05) is 27.7 Å². The molecule has 0 aliphatic heterocycles. The molecule has 0 radical (unpaired) electrons. The second-order valence-corrected chi connectivity index (χ2v) is 14.3. The Bertz CT molecular complexity index is 1750. The van der Waals surface area contributed by atoms with E-state index in [1.54, 1.807) is 22.7 Å². The van der Waals surface area contributed by atoms with E-state index in [0.717, 1.165) is 52.2 Å². The maximum Gasteiger partial charge on any atom is 0.149 e. The molecule has 0 saturated carbocycles. The van der Waals surface area contributed by atoms with Crippen LogP contribution in [0, 0.1) is 11.6 Å². The van der Waals surface area contributed by atoms with Crippen molar-refractivity contribution in [2.45, 2.75) is 38.5 Å². The van der Waals surface area contributed by atoms with Crippen LogP contribution in [0.4, 0.5) is 8.78 Å². The molecule has 0 spiro atoms. The number of thiophene rings is 4. The van der Waals surface area contributed by atoms with Crippen molar-refractivity contribution in [1.29, 1.82) is 0 Å². The van der Waals surface area contributed by atoms with Crippen LogP contribution in [0.3, 0.4) is 0 Å². The monoisotopic (exact) mass is 520 g/mol. The molecule has 4 heterocycles. The van der Waals surface area contributed by atoms with Crippen molar-refractivity contribution in [3.05, 3.63) is 68.9 Å². The fourth-order valence-corrected chi connectivity index (χ4v) is 11.5. The molecule has 6 aromatic rings. The first-order valence-corrected chi connectivity index (χ1v) is 14.6. The van der Waals surface area contributed by atoms with Gasteiger partial charge in [0, 0.05) is 31.7 Å². The van der Waals surface area contributed by atoms with E-state index in [1.807, 2.05) is 22.9 Å². The molecule has 0 fully saturated rings. The molecule has 0 nitrogen and oxygen atoms in total. The highest BCUT2D eigenvalue weighted by atomic mass is 32.1. The van der Waals surface area contributed by atoms with E-state index >= 15 is 8.78 Å². The molecule has 2 aliphatic rings. The normalized spacial score (nSPS) is 17.0. The summed E-state index contributed by atoms with van der Waals surface area (Å²) in [6, 6.07) is 8.37. The first-order valence-electron chi connectivity index (χ1n) is 11.2. The van der Waals surface area contributed by atoms with Crippen molar-refractivity contribution in [2.24, 2.45) is 0 Å². The Kier molecular flexibility index (Phi) is 3.54. The van der Waals surface area contributed by atoms with Gasteiger partial charge in [0.05, 0.1) is 18.8 Å². The summed E-state index contributed by atoms with van der Waals surface area (Å²) in [7, 11) is 0. The zero-order valence-corrected chi connectivity index (χ0v) is 22.1.